The Morgan fingerprint density at radius 3 is 2.59 bits per heavy atom. The Labute approximate surface area is 134 Å². The second-order valence-electron chi connectivity index (χ2n) is 7.58. The molecule has 1 spiro atoms. The van der Waals surface area contributed by atoms with Crippen molar-refractivity contribution in [2.75, 3.05) is 0 Å². The molecule has 3 fully saturated rings. The zero-order valence-electron chi connectivity index (χ0n) is 12.7. The molecule has 3 saturated carbocycles. The van der Waals surface area contributed by atoms with E-state index in [-0.39, 0.29) is 5.41 Å². The lowest BCUT2D eigenvalue weighted by Crippen LogP contribution is -2.45. The first-order chi connectivity index (χ1) is 10.6. The standard InChI is InChI=1S/C17H19ClN4/c1-22-10-19-21-15(22)17(8-16(9-17)4-5-16)12-6-13(11-2-3-11)20-14(18)7-12/h6-7,10-11H,2-5,8-9H2,1H3. The molecule has 5 rings (SSSR count). The maximum Gasteiger partial charge on any atom is 0.143 e. The molecule has 4 nitrogen and oxygen atoms in total. The fourth-order valence-electron chi connectivity index (χ4n) is 4.35. The maximum absolute atomic E-state index is 6.34. The lowest BCUT2D eigenvalue weighted by Gasteiger charge is -2.48. The Bertz CT molecular complexity index is 750. The monoisotopic (exact) mass is 314 g/mol. The molecule has 0 saturated heterocycles. The lowest BCUT2D eigenvalue weighted by molar-refractivity contribution is 0.145. The van der Waals surface area contributed by atoms with Gasteiger partial charge in [-0.05, 0) is 61.6 Å². The molecule has 3 aliphatic carbocycles. The molecule has 114 valence electrons. The molecule has 2 aromatic heterocycles. The molecule has 0 unspecified atom stereocenters. The zero-order chi connectivity index (χ0) is 14.9. The summed E-state index contributed by atoms with van der Waals surface area (Å²) in [6, 6.07) is 4.34. The molecule has 5 heteroatoms. The topological polar surface area (TPSA) is 43.6 Å². The highest BCUT2D eigenvalue weighted by Crippen LogP contribution is 2.70. The summed E-state index contributed by atoms with van der Waals surface area (Å²) in [7, 11) is 2.04. The van der Waals surface area contributed by atoms with Crippen LogP contribution < -0.4 is 0 Å². The van der Waals surface area contributed by atoms with Gasteiger partial charge in [0, 0.05) is 18.7 Å². The van der Waals surface area contributed by atoms with Gasteiger partial charge in [-0.15, -0.1) is 10.2 Å². The summed E-state index contributed by atoms with van der Waals surface area (Å²) >= 11 is 6.34. The number of aryl methyl sites for hydroxylation is 1. The second-order valence-corrected chi connectivity index (χ2v) is 7.97. The molecular formula is C17H19ClN4. The van der Waals surface area contributed by atoms with E-state index in [2.05, 4.69) is 31.9 Å². The highest BCUT2D eigenvalue weighted by molar-refractivity contribution is 6.29. The number of halogens is 1. The molecule has 0 atom stereocenters. The molecule has 2 aromatic rings. The number of rotatable bonds is 3. The molecular weight excluding hydrogens is 296 g/mol. The van der Waals surface area contributed by atoms with Crippen molar-refractivity contribution in [2.45, 2.75) is 49.9 Å². The first-order valence-corrected chi connectivity index (χ1v) is 8.51. The summed E-state index contributed by atoms with van der Waals surface area (Å²) < 4.78 is 2.07. The smallest absolute Gasteiger partial charge is 0.143 e. The second kappa shape index (κ2) is 4.10. The SMILES string of the molecule is Cn1cnnc1C1(c2cc(Cl)nc(C3CC3)c2)CC2(CC2)C1. The zero-order valence-corrected chi connectivity index (χ0v) is 13.5. The van der Waals surface area contributed by atoms with Crippen LogP contribution >= 0.6 is 11.6 Å². The largest absolute Gasteiger partial charge is 0.320 e. The van der Waals surface area contributed by atoms with Crippen LogP contribution in [0.3, 0.4) is 0 Å². The van der Waals surface area contributed by atoms with Crippen molar-refractivity contribution in [1.82, 2.24) is 19.7 Å². The van der Waals surface area contributed by atoms with Crippen molar-refractivity contribution in [3.05, 3.63) is 40.7 Å². The molecule has 0 bridgehead atoms. The van der Waals surface area contributed by atoms with Gasteiger partial charge in [-0.2, -0.15) is 0 Å². The highest BCUT2D eigenvalue weighted by Gasteiger charge is 2.63. The van der Waals surface area contributed by atoms with Crippen molar-refractivity contribution < 1.29 is 0 Å². The summed E-state index contributed by atoms with van der Waals surface area (Å²) in [5.41, 5.74) is 3.02. The van der Waals surface area contributed by atoms with Crippen LogP contribution in [0.2, 0.25) is 5.15 Å². The molecule has 0 amide bonds. The van der Waals surface area contributed by atoms with E-state index in [1.807, 2.05) is 7.05 Å². The lowest BCUT2D eigenvalue weighted by atomic mass is 9.56. The fourth-order valence-corrected chi connectivity index (χ4v) is 4.56. The summed E-state index contributed by atoms with van der Waals surface area (Å²) in [4.78, 5) is 4.55. The Hall–Kier alpha value is -1.42. The Balaban J connectivity index is 1.64. The van der Waals surface area contributed by atoms with E-state index in [1.54, 1.807) is 6.33 Å². The Kier molecular flexibility index (Phi) is 2.44. The number of hydrogen-bond acceptors (Lipinski definition) is 3. The molecule has 0 N–H and O–H groups in total. The Morgan fingerprint density at radius 1 is 1.23 bits per heavy atom. The van der Waals surface area contributed by atoms with Crippen LogP contribution in [0.25, 0.3) is 0 Å². The van der Waals surface area contributed by atoms with Gasteiger partial charge in [-0.1, -0.05) is 11.6 Å². The molecule has 0 radical (unpaired) electrons. The normalized spacial score (nSPS) is 24.3. The fraction of sp³-hybridized carbons (Fsp3) is 0.588. The van der Waals surface area contributed by atoms with Crippen molar-refractivity contribution in [3.63, 3.8) is 0 Å². The van der Waals surface area contributed by atoms with E-state index >= 15 is 0 Å². The minimum Gasteiger partial charge on any atom is -0.320 e. The van der Waals surface area contributed by atoms with Gasteiger partial charge >= 0.3 is 0 Å². The van der Waals surface area contributed by atoms with Crippen LogP contribution in [-0.2, 0) is 12.5 Å². The van der Waals surface area contributed by atoms with Crippen LogP contribution in [0.15, 0.2) is 18.5 Å². The van der Waals surface area contributed by atoms with Gasteiger partial charge in [0.2, 0.25) is 0 Å². The minimum atomic E-state index is -0.0159. The summed E-state index contributed by atoms with van der Waals surface area (Å²) in [5.74, 6) is 1.69. The van der Waals surface area contributed by atoms with Gasteiger partial charge in [0.05, 0.1) is 5.41 Å². The number of pyridine rings is 1. The van der Waals surface area contributed by atoms with E-state index in [0.717, 1.165) is 5.82 Å². The highest BCUT2D eigenvalue weighted by atomic mass is 35.5. The van der Waals surface area contributed by atoms with Crippen LogP contribution in [-0.4, -0.2) is 19.7 Å². The average Bonchev–Trinajstić information content (AvgIpc) is 3.36. The van der Waals surface area contributed by atoms with Gasteiger partial charge in [-0.25, -0.2) is 4.98 Å². The van der Waals surface area contributed by atoms with Gasteiger partial charge in [0.1, 0.15) is 17.3 Å². The first-order valence-electron chi connectivity index (χ1n) is 8.13. The van der Waals surface area contributed by atoms with Crippen LogP contribution in [0.5, 0.6) is 0 Å². The minimum absolute atomic E-state index is 0.0159. The van der Waals surface area contributed by atoms with Crippen molar-refractivity contribution >= 4 is 11.6 Å². The van der Waals surface area contributed by atoms with Crippen LogP contribution in [0.1, 0.15) is 61.5 Å². The number of hydrogen-bond donors (Lipinski definition) is 0. The summed E-state index contributed by atoms with van der Waals surface area (Å²) in [6.07, 6.45) is 9.37. The number of aromatic nitrogens is 4. The van der Waals surface area contributed by atoms with Gasteiger partial charge in [0.15, 0.2) is 0 Å². The van der Waals surface area contributed by atoms with Gasteiger partial charge < -0.3 is 4.57 Å². The predicted octanol–water partition coefficient (Wildman–Crippen LogP) is 3.60. The summed E-state index contributed by atoms with van der Waals surface area (Å²) in [5, 5.41) is 9.19. The molecule has 0 aromatic carbocycles. The number of nitrogens with zero attached hydrogens (tertiary/aromatic N) is 4. The van der Waals surface area contributed by atoms with Crippen molar-refractivity contribution in [2.24, 2.45) is 12.5 Å². The molecule has 0 aliphatic heterocycles. The van der Waals surface area contributed by atoms with E-state index < -0.39 is 0 Å². The van der Waals surface area contributed by atoms with Gasteiger partial charge in [0.25, 0.3) is 0 Å². The first kappa shape index (κ1) is 13.1. The molecule has 3 aliphatic rings. The molecule has 2 heterocycles. The Morgan fingerprint density at radius 2 is 2.00 bits per heavy atom. The van der Waals surface area contributed by atoms with E-state index in [4.69, 9.17) is 11.6 Å². The van der Waals surface area contributed by atoms with Crippen molar-refractivity contribution in [3.8, 4) is 0 Å². The van der Waals surface area contributed by atoms with E-state index in [1.165, 1.54) is 49.8 Å². The third-order valence-corrected chi connectivity index (χ3v) is 6.01. The third kappa shape index (κ3) is 1.79. The predicted molar refractivity (Wildman–Crippen MR) is 83.9 cm³/mol. The van der Waals surface area contributed by atoms with Crippen molar-refractivity contribution in [1.29, 1.82) is 0 Å². The average molecular weight is 315 g/mol. The third-order valence-electron chi connectivity index (χ3n) is 5.81. The molecule has 22 heavy (non-hydrogen) atoms. The van der Waals surface area contributed by atoms with Crippen LogP contribution in [0, 0.1) is 5.41 Å². The van der Waals surface area contributed by atoms with E-state index in [0.29, 0.717) is 16.5 Å². The summed E-state index contributed by atoms with van der Waals surface area (Å²) in [6.45, 7) is 0. The van der Waals surface area contributed by atoms with Crippen LogP contribution in [0.4, 0.5) is 0 Å². The maximum atomic E-state index is 6.34. The quantitative estimate of drug-likeness (QED) is 0.813. The van der Waals surface area contributed by atoms with E-state index in [9.17, 15) is 0 Å². The van der Waals surface area contributed by atoms with Gasteiger partial charge in [-0.3, -0.25) is 0 Å².